The van der Waals surface area contributed by atoms with Crippen molar-refractivity contribution in [2.45, 2.75) is 256 Å². The standard InChI is InChI=1S/C44H87O12P/c1-3-5-7-9-11-13-15-17-19-20-21-23-25-27-29-31-33-38(45)55-37(35-53-34-32-30-28-26-24-22-18-16-14-12-10-8-6-4-2)36-54-57(51,52)56-44-42(49)40(47)39(46)41(48)43(44)50/h37,39-44,46-50H,3-36H2,1-2H3,(H,51,52). The zero-order chi connectivity index (χ0) is 42.0. The predicted molar refractivity (Wildman–Crippen MR) is 226 cm³/mol. The molecule has 0 heterocycles. The van der Waals surface area contributed by atoms with E-state index in [1.54, 1.807) is 0 Å². The van der Waals surface area contributed by atoms with Gasteiger partial charge in [0.05, 0.1) is 13.2 Å². The smallest absolute Gasteiger partial charge is 0.457 e. The van der Waals surface area contributed by atoms with Gasteiger partial charge in [-0.2, -0.15) is 0 Å². The average molecular weight is 839 g/mol. The van der Waals surface area contributed by atoms with Crippen LogP contribution in [0.15, 0.2) is 0 Å². The van der Waals surface area contributed by atoms with Crippen molar-refractivity contribution in [2.75, 3.05) is 19.8 Å². The molecule has 57 heavy (non-hydrogen) atoms. The van der Waals surface area contributed by atoms with Crippen LogP contribution >= 0.6 is 7.82 Å². The second kappa shape index (κ2) is 36.0. The van der Waals surface area contributed by atoms with Crippen molar-refractivity contribution in [3.05, 3.63) is 0 Å². The maximum atomic E-state index is 12.8. The lowest BCUT2D eigenvalue weighted by Crippen LogP contribution is -2.64. The zero-order valence-corrected chi connectivity index (χ0v) is 37.1. The van der Waals surface area contributed by atoms with Gasteiger partial charge in [-0.1, -0.05) is 194 Å². The van der Waals surface area contributed by atoms with E-state index in [0.717, 1.165) is 38.5 Å². The highest BCUT2D eigenvalue weighted by molar-refractivity contribution is 7.47. The van der Waals surface area contributed by atoms with Crippen LogP contribution in [0.2, 0.25) is 0 Å². The number of carbonyl (C=O) groups excluding carboxylic acids is 1. The lowest BCUT2D eigenvalue weighted by Gasteiger charge is -2.41. The molecule has 12 nitrogen and oxygen atoms in total. The van der Waals surface area contributed by atoms with Crippen molar-refractivity contribution in [1.29, 1.82) is 0 Å². The van der Waals surface area contributed by atoms with Gasteiger partial charge in [-0.15, -0.1) is 0 Å². The number of carbonyl (C=O) groups is 1. The largest absolute Gasteiger partial charge is 0.472 e. The van der Waals surface area contributed by atoms with Gasteiger partial charge in [0, 0.05) is 13.0 Å². The maximum Gasteiger partial charge on any atom is 0.472 e. The summed E-state index contributed by atoms with van der Waals surface area (Å²) in [4.78, 5) is 23.1. The van der Waals surface area contributed by atoms with Crippen LogP contribution in [0.3, 0.4) is 0 Å². The summed E-state index contributed by atoms with van der Waals surface area (Å²) < 4.78 is 34.2. The normalized spacial score (nSPS) is 22.7. The Bertz CT molecular complexity index is 958. The highest BCUT2D eigenvalue weighted by atomic mass is 31.2. The van der Waals surface area contributed by atoms with E-state index in [-0.39, 0.29) is 13.0 Å². The van der Waals surface area contributed by atoms with Gasteiger partial charge in [-0.05, 0) is 12.8 Å². The molecule has 0 aromatic heterocycles. The van der Waals surface area contributed by atoms with Crippen LogP contribution < -0.4 is 0 Å². The summed E-state index contributed by atoms with van der Waals surface area (Å²) in [7, 11) is -5.01. The second-order valence-corrected chi connectivity index (χ2v) is 18.0. The fourth-order valence-electron chi connectivity index (χ4n) is 7.47. The van der Waals surface area contributed by atoms with Crippen LogP contribution in [0.25, 0.3) is 0 Å². The van der Waals surface area contributed by atoms with Crippen LogP contribution in [0, 0.1) is 0 Å². The summed E-state index contributed by atoms with van der Waals surface area (Å²) in [5, 5.41) is 50.1. The maximum absolute atomic E-state index is 12.8. The Morgan fingerprint density at radius 3 is 1.21 bits per heavy atom. The summed E-state index contributed by atoms with van der Waals surface area (Å²) in [5.74, 6) is -0.471. The SMILES string of the molecule is CCCCCCCCCCCCCCCCCCC(=O)OC(COCCCCCCCCCCCCCCCC)COP(=O)(O)OC1C(O)C(O)C(O)C(O)C1O. The summed E-state index contributed by atoms with van der Waals surface area (Å²) in [6, 6.07) is 0. The number of aliphatic hydroxyl groups is 5. The molecule has 6 atom stereocenters. The minimum Gasteiger partial charge on any atom is -0.457 e. The van der Waals surface area contributed by atoms with E-state index < -0.39 is 63.1 Å². The van der Waals surface area contributed by atoms with Gasteiger partial charge < -0.3 is 39.9 Å². The number of unbranched alkanes of at least 4 members (excludes halogenated alkanes) is 28. The summed E-state index contributed by atoms with van der Waals surface area (Å²) >= 11 is 0. The van der Waals surface area contributed by atoms with E-state index in [2.05, 4.69) is 13.8 Å². The molecule has 0 aliphatic heterocycles. The number of phosphoric ester groups is 1. The van der Waals surface area contributed by atoms with E-state index in [0.29, 0.717) is 13.0 Å². The monoisotopic (exact) mass is 839 g/mol. The molecule has 0 amide bonds. The quantitative estimate of drug-likeness (QED) is 0.0195. The Labute approximate surface area is 346 Å². The van der Waals surface area contributed by atoms with Crippen LogP contribution in [0.4, 0.5) is 0 Å². The minimum absolute atomic E-state index is 0.0680. The van der Waals surface area contributed by atoms with E-state index in [1.165, 1.54) is 148 Å². The first kappa shape index (κ1) is 54.4. The van der Waals surface area contributed by atoms with Crippen molar-refractivity contribution in [2.24, 2.45) is 0 Å². The molecule has 0 aromatic carbocycles. The Kier molecular flexibility index (Phi) is 34.4. The fourth-order valence-corrected chi connectivity index (χ4v) is 8.45. The number of hydrogen-bond acceptors (Lipinski definition) is 11. The second-order valence-electron chi connectivity index (χ2n) is 16.6. The number of rotatable bonds is 40. The molecular formula is C44H87O12P. The molecule has 1 fully saturated rings. The third kappa shape index (κ3) is 28.5. The van der Waals surface area contributed by atoms with Gasteiger partial charge in [0.25, 0.3) is 0 Å². The van der Waals surface area contributed by atoms with E-state index in [4.69, 9.17) is 18.5 Å². The van der Waals surface area contributed by atoms with Crippen molar-refractivity contribution in [1.82, 2.24) is 0 Å². The minimum atomic E-state index is -5.01. The van der Waals surface area contributed by atoms with Gasteiger partial charge >= 0.3 is 13.8 Å². The van der Waals surface area contributed by atoms with E-state index in [1.807, 2.05) is 0 Å². The lowest BCUT2D eigenvalue weighted by molar-refractivity contribution is -0.220. The molecule has 1 aliphatic carbocycles. The number of esters is 1. The zero-order valence-electron chi connectivity index (χ0n) is 36.2. The number of phosphoric acid groups is 1. The molecule has 1 rings (SSSR count). The third-order valence-corrected chi connectivity index (χ3v) is 12.2. The lowest BCUT2D eigenvalue weighted by atomic mass is 9.85. The molecule has 6 N–H and O–H groups in total. The molecule has 6 unspecified atom stereocenters. The highest BCUT2D eigenvalue weighted by Gasteiger charge is 2.51. The Morgan fingerprint density at radius 1 is 0.491 bits per heavy atom. The van der Waals surface area contributed by atoms with Gasteiger partial charge in [-0.25, -0.2) is 4.57 Å². The Morgan fingerprint density at radius 2 is 0.825 bits per heavy atom. The first-order valence-corrected chi connectivity index (χ1v) is 24.9. The third-order valence-electron chi connectivity index (χ3n) is 11.2. The van der Waals surface area contributed by atoms with Crippen molar-refractivity contribution >= 4 is 13.8 Å². The molecule has 0 saturated heterocycles. The van der Waals surface area contributed by atoms with Gasteiger partial charge in [-0.3, -0.25) is 13.8 Å². The first-order chi connectivity index (χ1) is 27.5. The van der Waals surface area contributed by atoms with Gasteiger partial charge in [0.1, 0.15) is 42.7 Å². The molecule has 1 saturated carbocycles. The van der Waals surface area contributed by atoms with Gasteiger partial charge in [0.2, 0.25) is 0 Å². The topological polar surface area (TPSA) is 192 Å². The van der Waals surface area contributed by atoms with E-state index in [9.17, 15) is 39.8 Å². The number of ether oxygens (including phenoxy) is 2. The average Bonchev–Trinajstić information content (AvgIpc) is 3.19. The molecule has 0 bridgehead atoms. The fraction of sp³-hybridized carbons (Fsp3) is 0.977. The van der Waals surface area contributed by atoms with Crippen molar-refractivity contribution in [3.63, 3.8) is 0 Å². The van der Waals surface area contributed by atoms with Crippen molar-refractivity contribution < 1.29 is 58.3 Å². The summed E-state index contributed by atoms with van der Waals surface area (Å²) in [5.41, 5.74) is 0. The number of aliphatic hydroxyl groups excluding tert-OH is 5. The van der Waals surface area contributed by atoms with Crippen LogP contribution in [-0.2, 0) is 27.9 Å². The predicted octanol–water partition coefficient (Wildman–Crippen LogP) is 9.37. The highest BCUT2D eigenvalue weighted by Crippen LogP contribution is 2.47. The number of hydrogen-bond donors (Lipinski definition) is 6. The summed E-state index contributed by atoms with van der Waals surface area (Å²) in [6.45, 7) is 4.29. The first-order valence-electron chi connectivity index (χ1n) is 23.4. The van der Waals surface area contributed by atoms with E-state index >= 15 is 0 Å². The molecule has 0 aromatic rings. The van der Waals surface area contributed by atoms with Crippen LogP contribution in [-0.4, -0.2) is 98.9 Å². The molecule has 1 aliphatic rings. The Balaban J connectivity index is 2.38. The van der Waals surface area contributed by atoms with Crippen LogP contribution in [0.5, 0.6) is 0 Å². The Hall–Kier alpha value is -0.660. The molecular weight excluding hydrogens is 751 g/mol. The summed E-state index contributed by atoms with van der Waals surface area (Å²) in [6.07, 6.45) is 24.5. The molecule has 13 heteroatoms. The molecule has 0 spiro atoms. The van der Waals surface area contributed by atoms with Gasteiger partial charge in [0.15, 0.2) is 0 Å². The van der Waals surface area contributed by atoms with Crippen molar-refractivity contribution in [3.8, 4) is 0 Å². The van der Waals surface area contributed by atoms with Crippen LogP contribution in [0.1, 0.15) is 213 Å². The molecule has 340 valence electrons. The molecule has 0 radical (unpaired) electrons.